The van der Waals surface area contributed by atoms with Crippen LogP contribution in [0.2, 0.25) is 0 Å². The Morgan fingerprint density at radius 3 is 2.29 bits per heavy atom. The van der Waals surface area contributed by atoms with Gasteiger partial charge in [-0.3, -0.25) is 9.59 Å². The number of hydrogen-bond acceptors (Lipinski definition) is 5. The summed E-state index contributed by atoms with van der Waals surface area (Å²) in [7, 11) is 0. The van der Waals surface area contributed by atoms with Crippen LogP contribution in [0.5, 0.6) is 0 Å². The van der Waals surface area contributed by atoms with Gasteiger partial charge in [-0.05, 0) is 56.3 Å². The second-order valence-corrected chi connectivity index (χ2v) is 6.99. The maximum Gasteiger partial charge on any atom is 0.254 e. The molecule has 7 nitrogen and oxygen atoms in total. The van der Waals surface area contributed by atoms with Crippen LogP contribution in [0.15, 0.2) is 42.5 Å². The molecular weight excluding hydrogens is 354 g/mol. The molecule has 0 spiro atoms. The van der Waals surface area contributed by atoms with Crippen molar-refractivity contribution in [2.24, 2.45) is 0 Å². The third-order valence-corrected chi connectivity index (χ3v) is 5.27. The molecule has 0 N–H and O–H groups in total. The number of aromatic nitrogens is 3. The smallest absolute Gasteiger partial charge is 0.254 e. The van der Waals surface area contributed by atoms with Crippen LogP contribution in [0.1, 0.15) is 34.6 Å². The molecule has 0 atom stereocenters. The summed E-state index contributed by atoms with van der Waals surface area (Å²) in [5.74, 6) is 0.0948. The van der Waals surface area contributed by atoms with Crippen molar-refractivity contribution >= 4 is 28.4 Å². The summed E-state index contributed by atoms with van der Waals surface area (Å²) in [5, 5.41) is 8.26. The van der Waals surface area contributed by atoms with Gasteiger partial charge < -0.3 is 9.80 Å². The van der Waals surface area contributed by atoms with E-state index in [1.807, 2.05) is 59.0 Å². The van der Waals surface area contributed by atoms with E-state index in [9.17, 15) is 9.59 Å². The lowest BCUT2D eigenvalue weighted by atomic mass is 10.1. The Labute approximate surface area is 163 Å². The summed E-state index contributed by atoms with van der Waals surface area (Å²) in [6, 6.07) is 13.2. The molecule has 1 aromatic heterocycles. The number of hydrogen-bond donors (Lipinski definition) is 0. The van der Waals surface area contributed by atoms with E-state index in [4.69, 9.17) is 0 Å². The Morgan fingerprint density at radius 1 is 0.964 bits per heavy atom. The fourth-order valence-corrected chi connectivity index (χ4v) is 3.60. The van der Waals surface area contributed by atoms with Crippen molar-refractivity contribution in [2.45, 2.75) is 20.4 Å². The van der Waals surface area contributed by atoms with Crippen molar-refractivity contribution in [1.29, 1.82) is 0 Å². The summed E-state index contributed by atoms with van der Waals surface area (Å²) < 4.78 is 1.82. The number of aryl methyl sites for hydroxylation is 1. The Morgan fingerprint density at radius 2 is 1.64 bits per heavy atom. The van der Waals surface area contributed by atoms with Crippen molar-refractivity contribution in [3.8, 4) is 0 Å². The van der Waals surface area contributed by atoms with Gasteiger partial charge in [-0.1, -0.05) is 5.21 Å². The summed E-state index contributed by atoms with van der Waals surface area (Å²) >= 11 is 0. The largest absolute Gasteiger partial charge is 0.368 e. The van der Waals surface area contributed by atoms with Crippen LogP contribution in [0, 0.1) is 0 Å². The Balaban J connectivity index is 1.43. The molecule has 0 saturated carbocycles. The molecule has 3 aromatic rings. The standard InChI is InChI=1S/C21H23N5O2/c1-3-26-20-9-6-17(14-19(20)22-23-26)21(28)25-12-10-24(11-13-25)18-7-4-16(5-8-18)15(2)27/h4-9,14H,3,10-13H2,1-2H3. The maximum atomic E-state index is 12.9. The van der Waals surface area contributed by atoms with Crippen molar-refractivity contribution in [3.63, 3.8) is 0 Å². The van der Waals surface area contributed by atoms with Crippen molar-refractivity contribution in [3.05, 3.63) is 53.6 Å². The van der Waals surface area contributed by atoms with E-state index < -0.39 is 0 Å². The molecule has 1 aliphatic rings. The number of piperazine rings is 1. The minimum absolute atomic E-state index is 0.0273. The predicted molar refractivity (Wildman–Crippen MR) is 108 cm³/mol. The minimum Gasteiger partial charge on any atom is -0.368 e. The SMILES string of the molecule is CCn1nnc2cc(C(=O)N3CCN(c4ccc(C(C)=O)cc4)CC3)ccc21. The highest BCUT2D eigenvalue weighted by atomic mass is 16.2. The lowest BCUT2D eigenvalue weighted by Crippen LogP contribution is -2.48. The van der Waals surface area contributed by atoms with Crippen molar-refractivity contribution < 1.29 is 9.59 Å². The molecule has 0 unspecified atom stereocenters. The molecule has 0 aliphatic carbocycles. The lowest BCUT2D eigenvalue weighted by molar-refractivity contribution is 0.0746. The van der Waals surface area contributed by atoms with E-state index in [1.165, 1.54) is 0 Å². The average Bonchev–Trinajstić information content (AvgIpc) is 3.15. The molecule has 144 valence electrons. The zero-order valence-corrected chi connectivity index (χ0v) is 16.1. The lowest BCUT2D eigenvalue weighted by Gasteiger charge is -2.36. The predicted octanol–water partition coefficient (Wildman–Crippen LogP) is 2.62. The second-order valence-electron chi connectivity index (χ2n) is 6.99. The van der Waals surface area contributed by atoms with Gasteiger partial charge in [0.15, 0.2) is 5.78 Å². The van der Waals surface area contributed by atoms with Gasteiger partial charge in [0.25, 0.3) is 5.91 Å². The molecule has 1 saturated heterocycles. The van der Waals surface area contributed by atoms with Crippen LogP contribution < -0.4 is 4.90 Å². The van der Waals surface area contributed by atoms with E-state index in [2.05, 4.69) is 15.2 Å². The normalized spacial score (nSPS) is 14.5. The van der Waals surface area contributed by atoms with Gasteiger partial charge in [0, 0.05) is 49.5 Å². The first kappa shape index (κ1) is 18.2. The minimum atomic E-state index is 0.0273. The fourth-order valence-electron chi connectivity index (χ4n) is 3.60. The Bertz CT molecular complexity index is 1020. The number of nitrogens with zero attached hydrogens (tertiary/aromatic N) is 5. The molecule has 1 fully saturated rings. The highest BCUT2D eigenvalue weighted by Crippen LogP contribution is 2.20. The maximum absolute atomic E-state index is 12.9. The van der Waals surface area contributed by atoms with Gasteiger partial charge in [-0.25, -0.2) is 4.68 Å². The highest BCUT2D eigenvalue weighted by molar-refractivity contribution is 5.97. The molecule has 2 heterocycles. The summed E-state index contributed by atoms with van der Waals surface area (Å²) in [4.78, 5) is 28.4. The van der Waals surface area contributed by atoms with E-state index in [1.54, 1.807) is 6.92 Å². The number of ketones is 1. The molecule has 7 heteroatoms. The monoisotopic (exact) mass is 377 g/mol. The zero-order chi connectivity index (χ0) is 19.7. The Hall–Kier alpha value is -3.22. The number of Topliss-reactive ketones (excluding diaryl/α,β-unsaturated/α-hetero) is 1. The van der Waals surface area contributed by atoms with Crippen LogP contribution in [0.3, 0.4) is 0 Å². The number of carbonyl (C=O) groups is 2. The van der Waals surface area contributed by atoms with Crippen LogP contribution in [0.4, 0.5) is 5.69 Å². The van der Waals surface area contributed by atoms with Gasteiger partial charge in [-0.2, -0.15) is 0 Å². The third kappa shape index (κ3) is 3.35. The van der Waals surface area contributed by atoms with Gasteiger partial charge >= 0.3 is 0 Å². The molecule has 4 rings (SSSR count). The number of rotatable bonds is 4. The Kier molecular flexibility index (Phi) is 4.81. The van der Waals surface area contributed by atoms with Crippen molar-refractivity contribution in [2.75, 3.05) is 31.1 Å². The molecule has 0 bridgehead atoms. The molecular formula is C21H23N5O2. The first-order chi connectivity index (χ1) is 13.6. The average molecular weight is 377 g/mol. The number of carbonyl (C=O) groups excluding carboxylic acids is 2. The summed E-state index contributed by atoms with van der Waals surface area (Å²) in [6.07, 6.45) is 0. The molecule has 28 heavy (non-hydrogen) atoms. The third-order valence-electron chi connectivity index (χ3n) is 5.27. The van der Waals surface area contributed by atoms with Crippen LogP contribution in [-0.2, 0) is 6.54 Å². The highest BCUT2D eigenvalue weighted by Gasteiger charge is 2.23. The van der Waals surface area contributed by atoms with Gasteiger partial charge in [0.2, 0.25) is 0 Å². The first-order valence-corrected chi connectivity index (χ1v) is 9.55. The van der Waals surface area contributed by atoms with E-state index in [0.29, 0.717) is 24.2 Å². The van der Waals surface area contributed by atoms with Crippen LogP contribution >= 0.6 is 0 Å². The van der Waals surface area contributed by atoms with Gasteiger partial charge in [-0.15, -0.1) is 5.10 Å². The molecule has 2 aromatic carbocycles. The topological polar surface area (TPSA) is 71.3 Å². The molecule has 1 amide bonds. The number of anilines is 1. The summed E-state index contributed by atoms with van der Waals surface area (Å²) in [5.41, 5.74) is 4.13. The summed E-state index contributed by atoms with van der Waals surface area (Å²) in [6.45, 7) is 7.18. The number of fused-ring (bicyclic) bond motifs is 1. The zero-order valence-electron chi connectivity index (χ0n) is 16.1. The quantitative estimate of drug-likeness (QED) is 0.654. The molecule has 1 aliphatic heterocycles. The van der Waals surface area contributed by atoms with E-state index in [0.717, 1.165) is 36.4 Å². The van der Waals surface area contributed by atoms with Crippen LogP contribution in [-0.4, -0.2) is 57.8 Å². The van der Waals surface area contributed by atoms with E-state index >= 15 is 0 Å². The van der Waals surface area contributed by atoms with Gasteiger partial charge in [0.05, 0.1) is 5.52 Å². The second kappa shape index (κ2) is 7.42. The van der Waals surface area contributed by atoms with E-state index in [-0.39, 0.29) is 11.7 Å². The number of amides is 1. The van der Waals surface area contributed by atoms with Crippen LogP contribution in [0.25, 0.3) is 11.0 Å². The molecule has 0 radical (unpaired) electrons. The number of benzene rings is 2. The first-order valence-electron chi connectivity index (χ1n) is 9.55. The van der Waals surface area contributed by atoms with Gasteiger partial charge in [0.1, 0.15) is 5.52 Å². The fraction of sp³-hybridized carbons (Fsp3) is 0.333. The van der Waals surface area contributed by atoms with Crippen molar-refractivity contribution in [1.82, 2.24) is 19.9 Å².